The van der Waals surface area contributed by atoms with E-state index in [2.05, 4.69) is 60.2 Å². The molecule has 0 spiro atoms. The van der Waals surface area contributed by atoms with Crippen molar-refractivity contribution in [1.82, 2.24) is 0 Å². The minimum atomic E-state index is -0.202. The summed E-state index contributed by atoms with van der Waals surface area (Å²) in [5.74, 6) is 1.29. The van der Waals surface area contributed by atoms with Gasteiger partial charge in [0.2, 0.25) is 0 Å². The fraction of sp³-hybridized carbons (Fsp3) is 0.409. The molecule has 0 radical (unpaired) electrons. The van der Waals surface area contributed by atoms with Crippen molar-refractivity contribution in [3.05, 3.63) is 64.7 Å². The van der Waals surface area contributed by atoms with Crippen LogP contribution in [0.15, 0.2) is 64.7 Å². The molecular weight excluding hydrogens is 392 g/mol. The molecule has 1 aromatic carbocycles. The quantitative estimate of drug-likeness (QED) is 0.661. The van der Waals surface area contributed by atoms with Gasteiger partial charge in [0.15, 0.2) is 0 Å². The lowest BCUT2D eigenvalue weighted by atomic mass is 9.56. The van der Waals surface area contributed by atoms with Gasteiger partial charge in [-0.05, 0) is 31.2 Å². The van der Waals surface area contributed by atoms with Crippen LogP contribution in [0.25, 0.3) is 0 Å². The van der Waals surface area contributed by atoms with Gasteiger partial charge in [0.1, 0.15) is 24.2 Å². The van der Waals surface area contributed by atoms with E-state index in [1.165, 1.54) is 0 Å². The van der Waals surface area contributed by atoms with E-state index in [1.807, 2.05) is 24.3 Å². The normalized spacial score (nSPS) is 35.5. The predicted molar refractivity (Wildman–Crippen MR) is 105 cm³/mol. The first kappa shape index (κ1) is 17.7. The van der Waals surface area contributed by atoms with Crippen LogP contribution in [0.1, 0.15) is 20.3 Å². The highest BCUT2D eigenvalue weighted by Crippen LogP contribution is 2.52. The maximum absolute atomic E-state index is 12.8. The maximum atomic E-state index is 12.8. The summed E-state index contributed by atoms with van der Waals surface area (Å²) < 4.78 is 13.1. The Labute approximate surface area is 162 Å². The third-order valence-corrected chi connectivity index (χ3v) is 6.37. The van der Waals surface area contributed by atoms with E-state index in [1.54, 1.807) is 0 Å². The highest BCUT2D eigenvalue weighted by atomic mass is 79.9. The van der Waals surface area contributed by atoms with Gasteiger partial charge >= 0.3 is 0 Å². The third kappa shape index (κ3) is 3.10. The molecule has 0 N–H and O–H groups in total. The smallest absolute Gasteiger partial charge is 0.143 e. The van der Waals surface area contributed by atoms with Crippen molar-refractivity contribution in [2.24, 2.45) is 17.3 Å². The molecule has 0 aromatic heterocycles. The van der Waals surface area contributed by atoms with Gasteiger partial charge in [-0.15, -0.1) is 0 Å². The first-order chi connectivity index (χ1) is 12.5. The maximum Gasteiger partial charge on any atom is 0.143 e. The van der Waals surface area contributed by atoms with E-state index < -0.39 is 0 Å². The Balaban J connectivity index is 1.49. The van der Waals surface area contributed by atoms with Crippen LogP contribution in [0.3, 0.4) is 0 Å². The number of carbonyl (C=O) groups is 1. The molecule has 1 saturated carbocycles. The predicted octanol–water partition coefficient (Wildman–Crippen LogP) is 4.88. The summed E-state index contributed by atoms with van der Waals surface area (Å²) in [5.41, 5.74) is 0.958. The molecule has 1 aromatic rings. The number of hydrogen-bond acceptors (Lipinski definition) is 3. The van der Waals surface area contributed by atoms with E-state index in [9.17, 15) is 4.79 Å². The third-order valence-electron chi connectivity index (χ3n) is 5.85. The Morgan fingerprint density at radius 1 is 1.27 bits per heavy atom. The number of carbonyl (C=O) groups excluding carboxylic acids is 1. The number of fused-ring (bicyclic) bond motifs is 3. The molecule has 0 saturated heterocycles. The summed E-state index contributed by atoms with van der Waals surface area (Å²) in [6.07, 6.45) is 10.9. The highest BCUT2D eigenvalue weighted by Gasteiger charge is 2.53. The van der Waals surface area contributed by atoms with Crippen molar-refractivity contribution < 1.29 is 14.3 Å². The Morgan fingerprint density at radius 2 is 2.04 bits per heavy atom. The fourth-order valence-electron chi connectivity index (χ4n) is 4.62. The van der Waals surface area contributed by atoms with Crippen molar-refractivity contribution in [2.45, 2.75) is 32.5 Å². The van der Waals surface area contributed by atoms with Crippen LogP contribution in [-0.4, -0.2) is 24.6 Å². The second kappa shape index (κ2) is 6.82. The average Bonchev–Trinajstić information content (AvgIpc) is 2.60. The van der Waals surface area contributed by atoms with Gasteiger partial charge in [0.25, 0.3) is 0 Å². The standard InChI is InChI=1S/C22H23BrO3/c1-14-4-3-11-22(2)18-10-9-17(26-20(18)12-19(24)21(14)22)13-25-16-7-5-15(23)6-8-16/h3-11,17-18,20-21H,12-13H2,1-2H3/t17-,18?,20?,21+,22-/m0/s1. The molecule has 3 nitrogen and oxygen atoms in total. The molecule has 4 heteroatoms. The second-order valence-corrected chi connectivity index (χ2v) is 8.54. The summed E-state index contributed by atoms with van der Waals surface area (Å²) >= 11 is 3.42. The van der Waals surface area contributed by atoms with E-state index in [0.29, 0.717) is 13.0 Å². The topological polar surface area (TPSA) is 35.5 Å². The molecule has 2 unspecified atom stereocenters. The molecule has 136 valence electrons. The summed E-state index contributed by atoms with van der Waals surface area (Å²) in [6, 6.07) is 7.76. The van der Waals surface area contributed by atoms with Gasteiger partial charge < -0.3 is 9.47 Å². The van der Waals surface area contributed by atoms with Crippen LogP contribution in [0.5, 0.6) is 5.75 Å². The number of benzene rings is 1. The molecule has 1 aliphatic heterocycles. The Kier molecular flexibility index (Phi) is 4.66. The van der Waals surface area contributed by atoms with Gasteiger partial charge in [0, 0.05) is 28.1 Å². The van der Waals surface area contributed by atoms with Crippen LogP contribution in [0, 0.1) is 17.3 Å². The molecule has 2 aliphatic carbocycles. The van der Waals surface area contributed by atoms with E-state index in [-0.39, 0.29) is 35.2 Å². The van der Waals surface area contributed by atoms with Crippen molar-refractivity contribution in [3.63, 3.8) is 0 Å². The molecule has 26 heavy (non-hydrogen) atoms. The van der Waals surface area contributed by atoms with Crippen LogP contribution >= 0.6 is 15.9 Å². The number of rotatable bonds is 3. The largest absolute Gasteiger partial charge is 0.491 e. The lowest BCUT2D eigenvalue weighted by Gasteiger charge is -2.51. The average molecular weight is 415 g/mol. The van der Waals surface area contributed by atoms with Gasteiger partial charge in [-0.1, -0.05) is 58.8 Å². The van der Waals surface area contributed by atoms with E-state index >= 15 is 0 Å². The number of ketones is 1. The summed E-state index contributed by atoms with van der Waals surface area (Å²) in [5, 5.41) is 0. The monoisotopic (exact) mass is 414 g/mol. The highest BCUT2D eigenvalue weighted by molar-refractivity contribution is 9.10. The lowest BCUT2D eigenvalue weighted by Crippen LogP contribution is -2.53. The molecule has 0 amide bonds. The zero-order valence-corrected chi connectivity index (χ0v) is 16.6. The number of hydrogen-bond donors (Lipinski definition) is 0. The number of ether oxygens (including phenoxy) is 2. The van der Waals surface area contributed by atoms with Gasteiger partial charge in [-0.2, -0.15) is 0 Å². The van der Waals surface area contributed by atoms with Crippen LogP contribution in [0.2, 0.25) is 0 Å². The molecular formula is C22H23BrO3. The molecule has 4 rings (SSSR count). The zero-order chi connectivity index (χ0) is 18.3. The molecule has 1 fully saturated rings. The van der Waals surface area contributed by atoms with Gasteiger partial charge in [0.05, 0.1) is 6.10 Å². The lowest BCUT2D eigenvalue weighted by molar-refractivity contribution is -0.143. The van der Waals surface area contributed by atoms with Crippen molar-refractivity contribution >= 4 is 21.7 Å². The van der Waals surface area contributed by atoms with E-state index in [0.717, 1.165) is 15.8 Å². The van der Waals surface area contributed by atoms with Crippen molar-refractivity contribution in [2.75, 3.05) is 6.61 Å². The van der Waals surface area contributed by atoms with Crippen molar-refractivity contribution in [1.29, 1.82) is 0 Å². The SMILES string of the molecule is CC1=CC=C[C@@]2(C)C3C=C[C@@H](COc4ccc(Br)cc4)OC3CC(=O)[C@@H]12. The first-order valence-corrected chi connectivity index (χ1v) is 9.87. The number of halogens is 1. The number of allylic oxidation sites excluding steroid dienone is 4. The van der Waals surface area contributed by atoms with Gasteiger partial charge in [-0.3, -0.25) is 4.79 Å². The Morgan fingerprint density at radius 3 is 2.81 bits per heavy atom. The van der Waals surface area contributed by atoms with Crippen LogP contribution in [-0.2, 0) is 9.53 Å². The number of Topliss-reactive ketones (excluding diaryl/α,β-unsaturated/α-hetero) is 1. The molecule has 5 atom stereocenters. The van der Waals surface area contributed by atoms with Crippen LogP contribution in [0.4, 0.5) is 0 Å². The first-order valence-electron chi connectivity index (χ1n) is 9.08. The fourth-order valence-corrected chi connectivity index (χ4v) is 4.88. The minimum Gasteiger partial charge on any atom is -0.491 e. The molecule has 0 bridgehead atoms. The molecule has 3 aliphatic rings. The second-order valence-electron chi connectivity index (χ2n) is 7.63. The summed E-state index contributed by atoms with van der Waals surface area (Å²) in [7, 11) is 0. The van der Waals surface area contributed by atoms with Crippen LogP contribution < -0.4 is 4.74 Å². The summed E-state index contributed by atoms with van der Waals surface area (Å²) in [4.78, 5) is 12.8. The van der Waals surface area contributed by atoms with Crippen molar-refractivity contribution in [3.8, 4) is 5.75 Å². The van der Waals surface area contributed by atoms with Gasteiger partial charge in [-0.25, -0.2) is 0 Å². The summed E-state index contributed by atoms with van der Waals surface area (Å²) in [6.45, 7) is 4.70. The molecule has 1 heterocycles. The zero-order valence-electron chi connectivity index (χ0n) is 15.0. The van der Waals surface area contributed by atoms with E-state index in [4.69, 9.17) is 9.47 Å². The minimum absolute atomic E-state index is 0.0300. The Hall–Kier alpha value is -1.65. The Bertz CT molecular complexity index is 792.